The van der Waals surface area contributed by atoms with Gasteiger partial charge in [-0.15, -0.1) is 0 Å². The van der Waals surface area contributed by atoms with Crippen molar-refractivity contribution in [2.75, 3.05) is 19.6 Å². The lowest BCUT2D eigenvalue weighted by molar-refractivity contribution is 0.101. The first-order valence-corrected chi connectivity index (χ1v) is 8.73. The summed E-state index contributed by atoms with van der Waals surface area (Å²) in [6.45, 7) is 8.65. The molecular formula is C17H32N2. The van der Waals surface area contributed by atoms with E-state index in [0.29, 0.717) is 0 Å². The molecule has 2 heteroatoms. The summed E-state index contributed by atoms with van der Waals surface area (Å²) in [5.74, 6) is 3.24. The summed E-state index contributed by atoms with van der Waals surface area (Å²) in [6.07, 6.45) is 10.2. The van der Waals surface area contributed by atoms with Crippen LogP contribution in [0.25, 0.3) is 0 Å². The summed E-state index contributed by atoms with van der Waals surface area (Å²) in [6, 6.07) is 1.58. The van der Waals surface area contributed by atoms with Crippen molar-refractivity contribution in [2.45, 2.75) is 70.9 Å². The van der Waals surface area contributed by atoms with Crippen molar-refractivity contribution < 1.29 is 0 Å². The van der Waals surface area contributed by atoms with Crippen molar-refractivity contribution >= 4 is 0 Å². The van der Waals surface area contributed by atoms with Crippen LogP contribution < -0.4 is 5.32 Å². The molecule has 1 N–H and O–H groups in total. The maximum absolute atomic E-state index is 3.72. The Morgan fingerprint density at radius 3 is 2.63 bits per heavy atom. The Morgan fingerprint density at radius 1 is 1.11 bits per heavy atom. The van der Waals surface area contributed by atoms with Gasteiger partial charge in [0.25, 0.3) is 0 Å². The lowest BCUT2D eigenvalue weighted by Gasteiger charge is -2.40. The Hall–Kier alpha value is -0.0800. The van der Waals surface area contributed by atoms with Crippen molar-refractivity contribution in [1.82, 2.24) is 10.2 Å². The maximum Gasteiger partial charge on any atom is 0.00940 e. The highest BCUT2D eigenvalue weighted by Gasteiger charge is 2.40. The number of nitrogens with one attached hydrogen (secondary N) is 1. The fraction of sp³-hybridized carbons (Fsp3) is 1.00. The van der Waals surface area contributed by atoms with Crippen molar-refractivity contribution in [3.05, 3.63) is 0 Å². The van der Waals surface area contributed by atoms with E-state index in [2.05, 4.69) is 24.1 Å². The van der Waals surface area contributed by atoms with Gasteiger partial charge in [-0.2, -0.15) is 0 Å². The van der Waals surface area contributed by atoms with E-state index in [9.17, 15) is 0 Å². The fourth-order valence-electron chi connectivity index (χ4n) is 4.93. The molecule has 0 aromatic heterocycles. The van der Waals surface area contributed by atoms with Gasteiger partial charge in [0.05, 0.1) is 0 Å². The molecular weight excluding hydrogens is 232 g/mol. The molecule has 2 aliphatic carbocycles. The Morgan fingerprint density at radius 2 is 2.00 bits per heavy atom. The summed E-state index contributed by atoms with van der Waals surface area (Å²) in [4.78, 5) is 2.80. The monoisotopic (exact) mass is 264 g/mol. The predicted octanol–water partition coefficient (Wildman–Crippen LogP) is 3.28. The molecule has 2 bridgehead atoms. The molecule has 2 saturated carbocycles. The molecule has 1 heterocycles. The molecule has 5 atom stereocenters. The van der Waals surface area contributed by atoms with Gasteiger partial charge in [-0.1, -0.05) is 13.3 Å². The fourth-order valence-corrected chi connectivity index (χ4v) is 4.93. The molecule has 1 aliphatic heterocycles. The van der Waals surface area contributed by atoms with E-state index in [1.165, 1.54) is 45.3 Å². The van der Waals surface area contributed by atoms with Crippen LogP contribution in [0.1, 0.15) is 58.8 Å². The van der Waals surface area contributed by atoms with E-state index in [1.54, 1.807) is 19.3 Å². The van der Waals surface area contributed by atoms with Gasteiger partial charge in [0, 0.05) is 18.6 Å². The molecule has 0 aromatic carbocycles. The second kappa shape index (κ2) is 6.13. The summed E-state index contributed by atoms with van der Waals surface area (Å²) in [5, 5.41) is 3.72. The Kier molecular flexibility index (Phi) is 4.48. The minimum absolute atomic E-state index is 0.784. The molecule has 5 unspecified atom stereocenters. The second-order valence-electron chi connectivity index (χ2n) is 7.45. The average molecular weight is 264 g/mol. The first kappa shape index (κ1) is 13.9. The van der Waals surface area contributed by atoms with Gasteiger partial charge < -0.3 is 10.2 Å². The smallest absolute Gasteiger partial charge is 0.00940 e. The van der Waals surface area contributed by atoms with Crippen LogP contribution in [0, 0.1) is 17.8 Å². The van der Waals surface area contributed by atoms with Crippen LogP contribution in [0.5, 0.6) is 0 Å². The number of fused-ring (bicyclic) bond motifs is 2. The van der Waals surface area contributed by atoms with Crippen molar-refractivity contribution in [2.24, 2.45) is 17.8 Å². The molecule has 110 valence electrons. The summed E-state index contributed by atoms with van der Waals surface area (Å²) in [7, 11) is 0. The predicted molar refractivity (Wildman–Crippen MR) is 81.3 cm³/mol. The molecule has 1 saturated heterocycles. The zero-order valence-electron chi connectivity index (χ0n) is 12.9. The number of nitrogens with zero attached hydrogens (tertiary/aromatic N) is 1. The van der Waals surface area contributed by atoms with Crippen LogP contribution >= 0.6 is 0 Å². The Labute approximate surface area is 119 Å². The largest absolute Gasteiger partial charge is 0.314 e. The number of likely N-dealkylation sites (tertiary alicyclic amines) is 1. The van der Waals surface area contributed by atoms with E-state index in [4.69, 9.17) is 0 Å². The number of piperidine rings is 1. The lowest BCUT2D eigenvalue weighted by atomic mass is 9.87. The van der Waals surface area contributed by atoms with Gasteiger partial charge in [0.1, 0.15) is 0 Å². The summed E-state index contributed by atoms with van der Waals surface area (Å²) >= 11 is 0. The highest BCUT2D eigenvalue weighted by Crippen LogP contribution is 2.48. The van der Waals surface area contributed by atoms with Gasteiger partial charge in [0.15, 0.2) is 0 Å². The minimum Gasteiger partial charge on any atom is -0.314 e. The molecule has 3 aliphatic rings. The molecule has 3 rings (SSSR count). The molecule has 0 aromatic rings. The first-order valence-electron chi connectivity index (χ1n) is 8.73. The third-order valence-electron chi connectivity index (χ3n) is 6.05. The minimum atomic E-state index is 0.784. The summed E-state index contributed by atoms with van der Waals surface area (Å²) in [5.41, 5.74) is 0. The molecule has 0 radical (unpaired) electrons. The normalized spacial score (nSPS) is 42.9. The van der Waals surface area contributed by atoms with Crippen LogP contribution in [0.2, 0.25) is 0 Å². The van der Waals surface area contributed by atoms with Gasteiger partial charge in [-0.25, -0.2) is 0 Å². The number of rotatable bonds is 5. The third kappa shape index (κ3) is 3.16. The number of hydrogen-bond acceptors (Lipinski definition) is 2. The van der Waals surface area contributed by atoms with E-state index in [0.717, 1.165) is 29.8 Å². The van der Waals surface area contributed by atoms with Crippen molar-refractivity contribution in [1.29, 1.82) is 0 Å². The van der Waals surface area contributed by atoms with Crippen LogP contribution in [-0.2, 0) is 0 Å². The van der Waals surface area contributed by atoms with Crippen LogP contribution in [0.3, 0.4) is 0 Å². The van der Waals surface area contributed by atoms with E-state index in [1.807, 2.05) is 0 Å². The highest BCUT2D eigenvalue weighted by atomic mass is 15.2. The summed E-state index contributed by atoms with van der Waals surface area (Å²) < 4.78 is 0. The van der Waals surface area contributed by atoms with Crippen LogP contribution in [-0.4, -0.2) is 36.6 Å². The van der Waals surface area contributed by atoms with Gasteiger partial charge in [-0.05, 0) is 76.3 Å². The molecule has 3 fully saturated rings. The van der Waals surface area contributed by atoms with Gasteiger partial charge >= 0.3 is 0 Å². The SMILES string of the molecule is CCCNC1CCN(CC2CC3CCC2C3)C(C)C1. The van der Waals surface area contributed by atoms with Gasteiger partial charge in [-0.3, -0.25) is 0 Å². The standard InChI is InChI=1S/C17H32N2/c1-3-7-18-17-6-8-19(13(2)9-17)12-16-11-14-4-5-15(16)10-14/h13-18H,3-12H2,1-2H3. The Bertz CT molecular complexity index is 291. The van der Waals surface area contributed by atoms with E-state index >= 15 is 0 Å². The number of hydrogen-bond donors (Lipinski definition) is 1. The Balaban J connectivity index is 1.45. The zero-order chi connectivity index (χ0) is 13.2. The van der Waals surface area contributed by atoms with Crippen molar-refractivity contribution in [3.63, 3.8) is 0 Å². The van der Waals surface area contributed by atoms with Crippen molar-refractivity contribution in [3.8, 4) is 0 Å². The van der Waals surface area contributed by atoms with E-state index in [-0.39, 0.29) is 0 Å². The van der Waals surface area contributed by atoms with E-state index < -0.39 is 0 Å². The molecule has 2 nitrogen and oxygen atoms in total. The topological polar surface area (TPSA) is 15.3 Å². The molecule has 19 heavy (non-hydrogen) atoms. The second-order valence-corrected chi connectivity index (χ2v) is 7.45. The first-order chi connectivity index (χ1) is 9.26. The van der Waals surface area contributed by atoms with Crippen LogP contribution in [0.15, 0.2) is 0 Å². The maximum atomic E-state index is 3.72. The van der Waals surface area contributed by atoms with Gasteiger partial charge in [0.2, 0.25) is 0 Å². The molecule has 0 spiro atoms. The quantitative estimate of drug-likeness (QED) is 0.820. The average Bonchev–Trinajstić information content (AvgIpc) is 3.01. The van der Waals surface area contributed by atoms with Crippen LogP contribution in [0.4, 0.5) is 0 Å². The molecule has 0 amide bonds. The third-order valence-corrected chi connectivity index (χ3v) is 6.05. The lowest BCUT2D eigenvalue weighted by Crippen LogP contribution is -2.49. The highest BCUT2D eigenvalue weighted by molar-refractivity contribution is 4.93. The zero-order valence-corrected chi connectivity index (χ0v) is 12.9.